The van der Waals surface area contributed by atoms with Crippen LogP contribution in [0.15, 0.2) is 48.7 Å². The molecule has 0 saturated carbocycles. The van der Waals surface area contributed by atoms with Gasteiger partial charge in [-0.3, -0.25) is 0 Å². The average molecular weight is 254 g/mol. The summed E-state index contributed by atoms with van der Waals surface area (Å²) in [5.74, 6) is 0.721. The predicted octanol–water partition coefficient (Wildman–Crippen LogP) is 3.82. The Morgan fingerprint density at radius 2 is 1.95 bits per heavy atom. The van der Waals surface area contributed by atoms with Crippen LogP contribution in [0.4, 0.5) is 10.2 Å². The minimum atomic E-state index is -0.178. The van der Waals surface area contributed by atoms with Crippen molar-refractivity contribution in [2.75, 3.05) is 11.9 Å². The van der Waals surface area contributed by atoms with Crippen LogP contribution < -0.4 is 4.90 Å². The van der Waals surface area contributed by atoms with E-state index in [0.717, 1.165) is 17.0 Å². The molecule has 0 bridgehead atoms. The van der Waals surface area contributed by atoms with E-state index in [2.05, 4.69) is 11.1 Å². The Morgan fingerprint density at radius 3 is 2.74 bits per heavy atom. The lowest BCUT2D eigenvalue weighted by Gasteiger charge is -2.33. The van der Waals surface area contributed by atoms with Gasteiger partial charge in [-0.05, 0) is 30.7 Å². The Bertz CT molecular complexity index is 649. The van der Waals surface area contributed by atoms with Crippen molar-refractivity contribution in [3.8, 4) is 0 Å². The standard InChI is InChI=1S/C16H15FN2/c1-11-10-15(13-6-3-4-8-14(13)17)19(2)16-12(11)7-5-9-18-16/h3-10,15H,1-2H3. The van der Waals surface area contributed by atoms with Crippen LogP contribution in [0.2, 0.25) is 0 Å². The van der Waals surface area contributed by atoms with Gasteiger partial charge in [0.2, 0.25) is 0 Å². The maximum Gasteiger partial charge on any atom is 0.136 e. The van der Waals surface area contributed by atoms with Crippen LogP contribution >= 0.6 is 0 Å². The van der Waals surface area contributed by atoms with E-state index < -0.39 is 0 Å². The van der Waals surface area contributed by atoms with E-state index in [-0.39, 0.29) is 11.9 Å². The van der Waals surface area contributed by atoms with E-state index >= 15 is 0 Å². The molecule has 0 saturated heterocycles. The molecule has 3 rings (SSSR count). The van der Waals surface area contributed by atoms with Crippen molar-refractivity contribution in [1.82, 2.24) is 4.98 Å². The highest BCUT2D eigenvalue weighted by atomic mass is 19.1. The molecule has 1 unspecified atom stereocenters. The smallest absolute Gasteiger partial charge is 0.136 e. The summed E-state index contributed by atoms with van der Waals surface area (Å²) < 4.78 is 14.0. The summed E-state index contributed by atoms with van der Waals surface area (Å²) in [6.45, 7) is 2.04. The highest BCUT2D eigenvalue weighted by Gasteiger charge is 2.25. The Morgan fingerprint density at radius 1 is 1.16 bits per heavy atom. The van der Waals surface area contributed by atoms with Crippen LogP contribution in [-0.2, 0) is 0 Å². The predicted molar refractivity (Wildman–Crippen MR) is 75.4 cm³/mol. The number of nitrogens with zero attached hydrogens (tertiary/aromatic N) is 2. The van der Waals surface area contributed by atoms with Gasteiger partial charge in [-0.1, -0.05) is 24.3 Å². The summed E-state index contributed by atoms with van der Waals surface area (Å²) in [5, 5.41) is 0. The number of halogens is 1. The zero-order valence-corrected chi connectivity index (χ0v) is 11.0. The molecule has 3 heteroatoms. The van der Waals surface area contributed by atoms with E-state index in [0.29, 0.717) is 5.56 Å². The third kappa shape index (κ3) is 1.91. The number of anilines is 1. The van der Waals surface area contributed by atoms with Gasteiger partial charge >= 0.3 is 0 Å². The van der Waals surface area contributed by atoms with Crippen LogP contribution in [0.25, 0.3) is 5.57 Å². The molecule has 1 atom stereocenters. The molecule has 1 aliphatic heterocycles. The summed E-state index contributed by atoms with van der Waals surface area (Å²) >= 11 is 0. The first-order chi connectivity index (χ1) is 9.18. The molecule has 0 N–H and O–H groups in total. The van der Waals surface area contributed by atoms with Gasteiger partial charge in [0.05, 0.1) is 6.04 Å². The molecule has 0 spiro atoms. The van der Waals surface area contributed by atoms with Gasteiger partial charge < -0.3 is 4.90 Å². The first-order valence-corrected chi connectivity index (χ1v) is 6.29. The van der Waals surface area contributed by atoms with E-state index in [9.17, 15) is 4.39 Å². The molecule has 19 heavy (non-hydrogen) atoms. The van der Waals surface area contributed by atoms with Gasteiger partial charge in [0, 0.05) is 24.4 Å². The molecule has 1 aromatic carbocycles. The largest absolute Gasteiger partial charge is 0.349 e. The van der Waals surface area contributed by atoms with Crippen LogP contribution in [0.1, 0.15) is 24.1 Å². The molecule has 0 radical (unpaired) electrons. The zero-order valence-electron chi connectivity index (χ0n) is 11.0. The average Bonchev–Trinajstić information content (AvgIpc) is 2.44. The van der Waals surface area contributed by atoms with Crippen molar-refractivity contribution in [2.45, 2.75) is 13.0 Å². The lowest BCUT2D eigenvalue weighted by atomic mass is 9.95. The Hall–Kier alpha value is -2.16. The summed E-state index contributed by atoms with van der Waals surface area (Å²) in [6, 6.07) is 10.8. The van der Waals surface area contributed by atoms with Gasteiger partial charge in [-0.2, -0.15) is 0 Å². The Kier molecular flexibility index (Phi) is 2.82. The molecule has 1 aromatic heterocycles. The number of hydrogen-bond donors (Lipinski definition) is 0. The number of likely N-dealkylation sites (N-methyl/N-ethyl adjacent to an activating group) is 1. The summed E-state index contributed by atoms with van der Waals surface area (Å²) in [5.41, 5.74) is 2.92. The van der Waals surface area contributed by atoms with Gasteiger partial charge in [-0.15, -0.1) is 0 Å². The summed E-state index contributed by atoms with van der Waals surface area (Å²) in [4.78, 5) is 6.43. The van der Waals surface area contributed by atoms with E-state index in [4.69, 9.17) is 0 Å². The zero-order chi connectivity index (χ0) is 13.4. The number of allylic oxidation sites excluding steroid dienone is 1. The topological polar surface area (TPSA) is 16.1 Å². The lowest BCUT2D eigenvalue weighted by Crippen LogP contribution is -2.28. The third-order valence-corrected chi connectivity index (χ3v) is 3.59. The highest BCUT2D eigenvalue weighted by Crippen LogP contribution is 2.38. The molecule has 2 aromatic rings. The fourth-order valence-electron chi connectivity index (χ4n) is 2.57. The molecular weight excluding hydrogens is 239 g/mol. The van der Waals surface area contributed by atoms with Crippen LogP contribution in [0, 0.1) is 5.82 Å². The van der Waals surface area contributed by atoms with Crippen molar-refractivity contribution >= 4 is 11.4 Å². The van der Waals surface area contributed by atoms with Gasteiger partial charge in [0.25, 0.3) is 0 Å². The van der Waals surface area contributed by atoms with Crippen molar-refractivity contribution < 1.29 is 4.39 Å². The number of rotatable bonds is 1. The molecule has 1 aliphatic rings. The monoisotopic (exact) mass is 254 g/mol. The normalized spacial score (nSPS) is 17.9. The SMILES string of the molecule is CC1=CC(c2ccccc2F)N(C)c2ncccc21. The van der Waals surface area contributed by atoms with Crippen LogP contribution in [0.5, 0.6) is 0 Å². The van der Waals surface area contributed by atoms with Crippen molar-refractivity contribution in [1.29, 1.82) is 0 Å². The van der Waals surface area contributed by atoms with E-state index in [1.54, 1.807) is 12.3 Å². The van der Waals surface area contributed by atoms with Crippen LogP contribution in [-0.4, -0.2) is 12.0 Å². The Balaban J connectivity index is 2.12. The first kappa shape index (κ1) is 11.9. The maximum absolute atomic E-state index is 14.0. The second kappa shape index (κ2) is 4.50. The minimum absolute atomic E-state index is 0.108. The van der Waals surface area contributed by atoms with Gasteiger partial charge in [-0.25, -0.2) is 9.37 Å². The number of pyridine rings is 1. The van der Waals surface area contributed by atoms with Gasteiger partial charge in [0.1, 0.15) is 11.6 Å². The fourth-order valence-corrected chi connectivity index (χ4v) is 2.57. The molecule has 2 heterocycles. The van der Waals surface area contributed by atoms with Crippen molar-refractivity contribution in [3.63, 3.8) is 0 Å². The highest BCUT2D eigenvalue weighted by molar-refractivity contribution is 5.77. The van der Waals surface area contributed by atoms with Crippen molar-refractivity contribution in [2.24, 2.45) is 0 Å². The maximum atomic E-state index is 14.0. The van der Waals surface area contributed by atoms with E-state index in [1.807, 2.05) is 43.1 Å². The van der Waals surface area contributed by atoms with Gasteiger partial charge in [0.15, 0.2) is 0 Å². The number of benzene rings is 1. The quantitative estimate of drug-likeness (QED) is 0.769. The number of aromatic nitrogens is 1. The van der Waals surface area contributed by atoms with E-state index in [1.165, 1.54) is 6.07 Å². The number of hydrogen-bond acceptors (Lipinski definition) is 2. The summed E-state index contributed by atoms with van der Waals surface area (Å²) in [6.07, 6.45) is 3.86. The molecule has 96 valence electrons. The molecular formula is C16H15FN2. The second-order valence-electron chi connectivity index (χ2n) is 4.80. The van der Waals surface area contributed by atoms with Crippen molar-refractivity contribution in [3.05, 3.63) is 65.6 Å². The molecule has 0 aliphatic carbocycles. The first-order valence-electron chi connectivity index (χ1n) is 6.29. The second-order valence-corrected chi connectivity index (χ2v) is 4.80. The molecule has 0 amide bonds. The molecule has 2 nitrogen and oxygen atoms in total. The summed E-state index contributed by atoms with van der Waals surface area (Å²) in [7, 11) is 1.95. The Labute approximate surface area is 112 Å². The third-order valence-electron chi connectivity index (χ3n) is 3.59. The molecule has 0 fully saturated rings. The number of fused-ring (bicyclic) bond motifs is 1. The lowest BCUT2D eigenvalue weighted by molar-refractivity contribution is 0.595. The minimum Gasteiger partial charge on any atom is -0.349 e. The van der Waals surface area contributed by atoms with Crippen LogP contribution in [0.3, 0.4) is 0 Å². The fraction of sp³-hybridized carbons (Fsp3) is 0.188.